The van der Waals surface area contributed by atoms with Crippen molar-refractivity contribution < 1.29 is 19.1 Å². The molecule has 0 aliphatic heterocycles. The number of hydrogen-bond donors (Lipinski definition) is 2. The Bertz CT molecular complexity index is 605. The van der Waals surface area contributed by atoms with Gasteiger partial charge < -0.3 is 20.5 Å². The van der Waals surface area contributed by atoms with E-state index in [0.717, 1.165) is 0 Å². The third-order valence-corrected chi connectivity index (χ3v) is 2.88. The van der Waals surface area contributed by atoms with Crippen LogP contribution >= 0.6 is 0 Å². The summed E-state index contributed by atoms with van der Waals surface area (Å²) >= 11 is 0. The third-order valence-electron chi connectivity index (χ3n) is 2.88. The summed E-state index contributed by atoms with van der Waals surface area (Å²) in [5.41, 5.74) is 4.71. The molecule has 24 heavy (non-hydrogen) atoms. The molecule has 0 saturated heterocycles. The standard InChI is InChI=1S/C16H26N4O4/c1-6-23-14(21)12-9-18-20(13(12)24-10-11(2)3)8-7-16(4,5)19-15(17)22/h7-9,11H,6,10H2,1-5H3,(H3,17,19,22). The van der Waals surface area contributed by atoms with E-state index in [0.29, 0.717) is 12.5 Å². The Morgan fingerprint density at radius 1 is 1.46 bits per heavy atom. The zero-order valence-electron chi connectivity index (χ0n) is 14.8. The van der Waals surface area contributed by atoms with Crippen LogP contribution in [0.4, 0.5) is 4.79 Å². The molecule has 0 aliphatic carbocycles. The first-order valence-electron chi connectivity index (χ1n) is 7.80. The fourth-order valence-corrected chi connectivity index (χ4v) is 1.81. The van der Waals surface area contributed by atoms with E-state index in [-0.39, 0.29) is 18.1 Å². The Morgan fingerprint density at radius 3 is 2.67 bits per heavy atom. The van der Waals surface area contributed by atoms with Crippen molar-refractivity contribution in [3.8, 4) is 5.88 Å². The zero-order chi connectivity index (χ0) is 18.3. The predicted octanol–water partition coefficient (Wildman–Crippen LogP) is 2.01. The van der Waals surface area contributed by atoms with Gasteiger partial charge in [0, 0.05) is 6.20 Å². The van der Waals surface area contributed by atoms with Gasteiger partial charge in [-0.3, -0.25) is 0 Å². The number of aromatic nitrogens is 2. The normalized spacial score (nSPS) is 11.8. The number of rotatable bonds is 8. The van der Waals surface area contributed by atoms with E-state index in [1.807, 2.05) is 13.8 Å². The number of amides is 2. The number of hydrogen-bond acceptors (Lipinski definition) is 5. The van der Waals surface area contributed by atoms with Crippen LogP contribution < -0.4 is 15.8 Å². The monoisotopic (exact) mass is 338 g/mol. The van der Waals surface area contributed by atoms with Gasteiger partial charge in [0.25, 0.3) is 0 Å². The highest BCUT2D eigenvalue weighted by molar-refractivity contribution is 5.92. The highest BCUT2D eigenvalue weighted by Crippen LogP contribution is 2.21. The van der Waals surface area contributed by atoms with Crippen molar-refractivity contribution in [2.45, 2.75) is 40.2 Å². The molecular formula is C16H26N4O4. The van der Waals surface area contributed by atoms with Crippen molar-refractivity contribution in [3.05, 3.63) is 17.8 Å². The number of ether oxygens (including phenoxy) is 2. The van der Waals surface area contributed by atoms with Crippen molar-refractivity contribution in [2.75, 3.05) is 13.2 Å². The van der Waals surface area contributed by atoms with Crippen LogP contribution in [0.2, 0.25) is 0 Å². The number of carbonyl (C=O) groups excluding carboxylic acids is 2. The van der Waals surface area contributed by atoms with Gasteiger partial charge in [0.05, 0.1) is 24.9 Å². The van der Waals surface area contributed by atoms with Crippen LogP contribution in [0.15, 0.2) is 12.3 Å². The molecule has 3 N–H and O–H groups in total. The number of carbonyl (C=O) groups is 2. The highest BCUT2D eigenvalue weighted by atomic mass is 16.5. The molecule has 0 aromatic carbocycles. The van der Waals surface area contributed by atoms with E-state index in [9.17, 15) is 9.59 Å². The Labute approximate surface area is 142 Å². The quantitative estimate of drug-likeness (QED) is 0.705. The summed E-state index contributed by atoms with van der Waals surface area (Å²) in [6.07, 6.45) is 4.70. The van der Waals surface area contributed by atoms with Crippen LogP contribution in [0, 0.1) is 5.92 Å². The van der Waals surface area contributed by atoms with Crippen LogP contribution in [0.5, 0.6) is 5.88 Å². The SMILES string of the molecule is CCOC(=O)c1cnn(C=CC(C)(C)NC(N)=O)c1OCC(C)C. The Morgan fingerprint density at radius 2 is 2.12 bits per heavy atom. The molecular weight excluding hydrogens is 312 g/mol. The molecule has 0 radical (unpaired) electrons. The average Bonchev–Trinajstić information content (AvgIpc) is 2.85. The van der Waals surface area contributed by atoms with Crippen molar-refractivity contribution in [1.82, 2.24) is 15.1 Å². The third kappa shape index (κ3) is 5.94. The predicted molar refractivity (Wildman–Crippen MR) is 90.6 cm³/mol. The summed E-state index contributed by atoms with van der Waals surface area (Å²) in [5.74, 6) is 0.0825. The van der Waals surface area contributed by atoms with Gasteiger partial charge in [-0.25, -0.2) is 14.3 Å². The molecule has 2 amide bonds. The van der Waals surface area contributed by atoms with Gasteiger partial charge in [0.1, 0.15) is 5.56 Å². The smallest absolute Gasteiger partial charge is 0.345 e. The van der Waals surface area contributed by atoms with Gasteiger partial charge in [0.15, 0.2) is 0 Å². The van der Waals surface area contributed by atoms with Crippen LogP contribution in [0.1, 0.15) is 45.0 Å². The van der Waals surface area contributed by atoms with Gasteiger partial charge in [-0.2, -0.15) is 5.10 Å². The maximum Gasteiger partial charge on any atom is 0.345 e. The maximum absolute atomic E-state index is 12.0. The lowest BCUT2D eigenvalue weighted by atomic mass is 10.1. The van der Waals surface area contributed by atoms with Gasteiger partial charge in [-0.15, -0.1) is 0 Å². The number of nitrogens with one attached hydrogen (secondary N) is 1. The molecule has 0 fully saturated rings. The summed E-state index contributed by atoms with van der Waals surface area (Å²) in [6, 6.07) is -0.631. The molecule has 0 spiro atoms. The number of urea groups is 1. The van der Waals surface area contributed by atoms with Crippen molar-refractivity contribution in [1.29, 1.82) is 0 Å². The Kier molecular flexibility index (Phi) is 6.82. The van der Waals surface area contributed by atoms with Crippen LogP contribution in [0.25, 0.3) is 6.20 Å². The van der Waals surface area contributed by atoms with Gasteiger partial charge in [-0.05, 0) is 32.8 Å². The van der Waals surface area contributed by atoms with E-state index in [4.69, 9.17) is 15.2 Å². The van der Waals surface area contributed by atoms with Crippen molar-refractivity contribution in [2.24, 2.45) is 11.7 Å². The molecule has 0 bridgehead atoms. The summed E-state index contributed by atoms with van der Waals surface area (Å²) < 4.78 is 12.2. The molecule has 0 unspecified atom stereocenters. The second-order valence-electron chi connectivity index (χ2n) is 6.26. The second kappa shape index (κ2) is 8.37. The lowest BCUT2D eigenvalue weighted by Gasteiger charge is -2.20. The van der Waals surface area contributed by atoms with Crippen LogP contribution in [-0.4, -0.2) is 40.5 Å². The second-order valence-corrected chi connectivity index (χ2v) is 6.26. The average molecular weight is 338 g/mol. The summed E-state index contributed by atoms with van der Waals surface area (Å²) in [4.78, 5) is 23.0. The van der Waals surface area contributed by atoms with E-state index in [1.54, 1.807) is 33.0 Å². The largest absolute Gasteiger partial charge is 0.477 e. The summed E-state index contributed by atoms with van der Waals surface area (Å²) in [7, 11) is 0. The number of nitrogens with zero attached hydrogens (tertiary/aromatic N) is 2. The lowest BCUT2D eigenvalue weighted by molar-refractivity contribution is 0.0520. The van der Waals surface area contributed by atoms with Gasteiger partial charge in [-0.1, -0.05) is 13.8 Å². The van der Waals surface area contributed by atoms with E-state index < -0.39 is 17.5 Å². The summed E-state index contributed by atoms with van der Waals surface area (Å²) in [6.45, 7) is 9.97. The molecule has 8 nitrogen and oxygen atoms in total. The number of nitrogens with two attached hydrogens (primary N) is 1. The lowest BCUT2D eigenvalue weighted by Crippen LogP contribution is -2.44. The first kappa shape index (κ1) is 19.5. The fraction of sp³-hybridized carbons (Fsp3) is 0.562. The van der Waals surface area contributed by atoms with E-state index >= 15 is 0 Å². The fourth-order valence-electron chi connectivity index (χ4n) is 1.81. The Hall–Kier alpha value is -2.51. The molecule has 8 heteroatoms. The molecule has 0 saturated carbocycles. The first-order valence-corrected chi connectivity index (χ1v) is 7.80. The number of esters is 1. The molecule has 0 atom stereocenters. The van der Waals surface area contributed by atoms with Crippen LogP contribution in [-0.2, 0) is 4.74 Å². The minimum Gasteiger partial charge on any atom is -0.477 e. The van der Waals surface area contributed by atoms with Gasteiger partial charge in [0.2, 0.25) is 5.88 Å². The summed E-state index contributed by atoms with van der Waals surface area (Å²) in [5, 5.41) is 6.73. The van der Waals surface area contributed by atoms with Crippen molar-refractivity contribution >= 4 is 18.2 Å². The van der Waals surface area contributed by atoms with E-state index in [1.165, 1.54) is 10.9 Å². The first-order chi connectivity index (χ1) is 11.2. The molecule has 0 aliphatic rings. The van der Waals surface area contributed by atoms with Crippen LogP contribution in [0.3, 0.4) is 0 Å². The maximum atomic E-state index is 12.0. The minimum absolute atomic E-state index is 0.253. The molecule has 1 aromatic rings. The van der Waals surface area contributed by atoms with Crippen molar-refractivity contribution in [3.63, 3.8) is 0 Å². The Balaban J connectivity index is 3.08. The minimum atomic E-state index is -0.683. The molecule has 1 rings (SSSR count). The van der Waals surface area contributed by atoms with Gasteiger partial charge >= 0.3 is 12.0 Å². The number of primary amides is 1. The molecule has 1 heterocycles. The topological polar surface area (TPSA) is 108 Å². The zero-order valence-corrected chi connectivity index (χ0v) is 14.8. The highest BCUT2D eigenvalue weighted by Gasteiger charge is 2.21. The molecule has 1 aromatic heterocycles. The van der Waals surface area contributed by atoms with E-state index in [2.05, 4.69) is 10.4 Å². The molecule has 134 valence electrons.